The molecule has 1 aliphatic carbocycles. The second kappa shape index (κ2) is 4.15. The van der Waals surface area contributed by atoms with Crippen LogP contribution in [0.15, 0.2) is 0 Å². The Morgan fingerprint density at radius 3 is 2.40 bits per heavy atom. The Morgan fingerprint density at radius 2 is 1.73 bits per heavy atom. The first kappa shape index (κ1) is 12.1. The molecule has 3 aliphatic heterocycles. The molecular weight excluding hydrogens is 301 g/mol. The van der Waals surface area contributed by atoms with Crippen LogP contribution < -0.4 is 24.0 Å². The quantitative estimate of drug-likeness (QED) is 0.420. The highest BCUT2D eigenvalue weighted by atomic mass is 127. The maximum atomic E-state index is 9.75. The Bertz CT molecular complexity index is 238. The minimum absolute atomic E-state index is 0. The fraction of sp³-hybridized carbons (Fsp3) is 1.00. The van der Waals surface area contributed by atoms with Crippen LogP contribution in [0.4, 0.5) is 0 Å². The number of rotatable bonds is 0. The third kappa shape index (κ3) is 1.84. The normalized spacial score (nSPS) is 53.2. The molecule has 0 aromatic carbocycles. The van der Waals surface area contributed by atoms with Gasteiger partial charge in [0.15, 0.2) is 0 Å². The monoisotopic (exact) mass is 323 g/mol. The Labute approximate surface area is 110 Å². The van der Waals surface area contributed by atoms with Gasteiger partial charge in [-0.2, -0.15) is 0 Å². The number of hydrogen-bond donors (Lipinski definition) is 1. The summed E-state index contributed by atoms with van der Waals surface area (Å²) >= 11 is 0. The van der Waals surface area contributed by atoms with Gasteiger partial charge in [-0.05, 0) is 18.8 Å². The molecule has 2 bridgehead atoms. The van der Waals surface area contributed by atoms with Crippen molar-refractivity contribution in [1.29, 1.82) is 0 Å². The van der Waals surface area contributed by atoms with Gasteiger partial charge in [-0.3, -0.25) is 0 Å². The van der Waals surface area contributed by atoms with E-state index < -0.39 is 0 Å². The highest BCUT2D eigenvalue weighted by Gasteiger charge is 2.52. The minimum Gasteiger partial charge on any atom is -1.00 e. The molecule has 3 atom stereocenters. The van der Waals surface area contributed by atoms with Crippen molar-refractivity contribution in [2.45, 2.75) is 44.2 Å². The molecule has 3 heterocycles. The van der Waals surface area contributed by atoms with E-state index in [0.717, 1.165) is 30.7 Å². The van der Waals surface area contributed by atoms with E-state index in [4.69, 9.17) is 0 Å². The van der Waals surface area contributed by atoms with Crippen LogP contribution in [0, 0.1) is 11.8 Å². The largest absolute Gasteiger partial charge is 1.00 e. The van der Waals surface area contributed by atoms with Crippen molar-refractivity contribution in [1.82, 2.24) is 0 Å². The first-order valence-corrected chi connectivity index (χ1v) is 6.21. The summed E-state index contributed by atoms with van der Waals surface area (Å²) in [5.41, 5.74) is 0. The summed E-state index contributed by atoms with van der Waals surface area (Å²) in [6, 6.07) is 0.894. The number of halogens is 1. The van der Waals surface area contributed by atoms with Crippen molar-refractivity contribution in [2.24, 2.45) is 11.8 Å². The van der Waals surface area contributed by atoms with Gasteiger partial charge in [0.2, 0.25) is 0 Å². The first-order chi connectivity index (χ1) is 6.69. The second-order valence-electron chi connectivity index (χ2n) is 5.96. The van der Waals surface area contributed by atoms with Crippen LogP contribution in [0.2, 0.25) is 0 Å². The lowest BCUT2D eigenvalue weighted by Gasteiger charge is -2.58. The van der Waals surface area contributed by atoms with Crippen molar-refractivity contribution in [3.63, 3.8) is 0 Å². The molecular formula is C12H22INO. The van der Waals surface area contributed by atoms with E-state index in [1.807, 2.05) is 0 Å². The van der Waals surface area contributed by atoms with Crippen molar-refractivity contribution in [3.05, 3.63) is 0 Å². The zero-order valence-corrected chi connectivity index (χ0v) is 11.7. The zero-order chi connectivity index (χ0) is 9.76. The standard InChI is InChI=1S/C12H22NO.HI/c1-13-6-4-9(5-7-13)11-8-10(14)2-3-12(11)13;/h9-12,14H,2-8H2,1H3;1H/q+1;/p-1. The molecule has 0 radical (unpaired) electrons. The Kier molecular flexibility index (Phi) is 3.35. The number of hydrogen-bond acceptors (Lipinski definition) is 1. The number of quaternary nitrogens is 1. The van der Waals surface area contributed by atoms with Gasteiger partial charge in [-0.1, -0.05) is 0 Å². The molecule has 2 nitrogen and oxygen atoms in total. The van der Waals surface area contributed by atoms with E-state index in [2.05, 4.69) is 7.05 Å². The maximum Gasteiger partial charge on any atom is 0.0921 e. The minimum atomic E-state index is 0. The summed E-state index contributed by atoms with van der Waals surface area (Å²) in [5.74, 6) is 1.81. The van der Waals surface area contributed by atoms with Gasteiger partial charge >= 0.3 is 0 Å². The average Bonchev–Trinajstić information content (AvgIpc) is 2.18. The summed E-state index contributed by atoms with van der Waals surface area (Å²) in [4.78, 5) is 0. The molecule has 0 spiro atoms. The number of fused-ring (bicyclic) bond motifs is 2. The van der Waals surface area contributed by atoms with Gasteiger partial charge in [0.1, 0.15) is 0 Å². The van der Waals surface area contributed by atoms with E-state index >= 15 is 0 Å². The lowest BCUT2D eigenvalue weighted by molar-refractivity contribution is -0.955. The van der Waals surface area contributed by atoms with E-state index in [9.17, 15) is 5.11 Å². The van der Waals surface area contributed by atoms with Crippen molar-refractivity contribution in [3.8, 4) is 0 Å². The molecule has 1 saturated carbocycles. The van der Waals surface area contributed by atoms with Crippen molar-refractivity contribution >= 4 is 0 Å². The highest BCUT2D eigenvalue weighted by molar-refractivity contribution is 4.91. The van der Waals surface area contributed by atoms with Gasteiger partial charge < -0.3 is 33.6 Å². The molecule has 0 aromatic rings. The molecule has 4 aliphatic rings. The summed E-state index contributed by atoms with van der Waals surface area (Å²) in [6.07, 6.45) is 6.29. The van der Waals surface area contributed by atoms with Gasteiger partial charge in [-0.25, -0.2) is 0 Å². The number of aliphatic hydroxyl groups is 1. The molecule has 0 aromatic heterocycles. The molecule has 4 fully saturated rings. The van der Waals surface area contributed by atoms with Crippen LogP contribution in [0.5, 0.6) is 0 Å². The summed E-state index contributed by atoms with van der Waals surface area (Å²) in [5, 5.41) is 9.75. The third-order valence-electron chi connectivity index (χ3n) is 5.26. The fourth-order valence-corrected chi connectivity index (χ4v) is 4.38. The third-order valence-corrected chi connectivity index (χ3v) is 5.26. The predicted octanol–water partition coefficient (Wildman–Crippen LogP) is -1.61. The van der Waals surface area contributed by atoms with Crippen LogP contribution >= 0.6 is 0 Å². The van der Waals surface area contributed by atoms with Crippen LogP contribution in [0.3, 0.4) is 0 Å². The second-order valence-corrected chi connectivity index (χ2v) is 5.96. The predicted molar refractivity (Wildman–Crippen MR) is 55.8 cm³/mol. The van der Waals surface area contributed by atoms with Gasteiger partial charge in [-0.15, -0.1) is 0 Å². The van der Waals surface area contributed by atoms with Gasteiger partial charge in [0, 0.05) is 25.2 Å². The van der Waals surface area contributed by atoms with Crippen LogP contribution in [-0.4, -0.2) is 41.9 Å². The highest BCUT2D eigenvalue weighted by Crippen LogP contribution is 2.47. The van der Waals surface area contributed by atoms with E-state index in [0.29, 0.717) is 0 Å². The Morgan fingerprint density at radius 1 is 1.07 bits per heavy atom. The van der Waals surface area contributed by atoms with Gasteiger partial charge in [0.05, 0.1) is 32.3 Å². The zero-order valence-electron chi connectivity index (χ0n) is 9.53. The molecule has 3 saturated heterocycles. The molecule has 3 unspecified atom stereocenters. The maximum absolute atomic E-state index is 9.75. The van der Waals surface area contributed by atoms with Crippen LogP contribution in [0.1, 0.15) is 32.1 Å². The SMILES string of the molecule is C[N+]12CCC(CC1)C1CC(O)CCC12.[I-]. The van der Waals surface area contributed by atoms with Gasteiger partial charge in [0.25, 0.3) is 0 Å². The average molecular weight is 323 g/mol. The van der Waals surface area contributed by atoms with Crippen LogP contribution in [-0.2, 0) is 0 Å². The lowest BCUT2D eigenvalue weighted by Crippen LogP contribution is -3.00. The Balaban J connectivity index is 0.000000853. The van der Waals surface area contributed by atoms with E-state index in [1.54, 1.807) is 0 Å². The van der Waals surface area contributed by atoms with Crippen molar-refractivity contribution < 1.29 is 33.6 Å². The lowest BCUT2D eigenvalue weighted by atomic mass is 9.66. The summed E-state index contributed by atoms with van der Waals surface area (Å²) in [6.45, 7) is 2.81. The topological polar surface area (TPSA) is 20.2 Å². The molecule has 15 heavy (non-hydrogen) atoms. The smallest absolute Gasteiger partial charge is 0.0921 e. The first-order valence-electron chi connectivity index (χ1n) is 6.21. The van der Waals surface area contributed by atoms with Crippen LogP contribution in [0.25, 0.3) is 0 Å². The van der Waals surface area contributed by atoms with E-state index in [1.165, 1.54) is 36.8 Å². The Hall–Kier alpha value is 0.650. The molecule has 88 valence electrons. The number of piperidine rings is 3. The number of nitrogens with zero attached hydrogens (tertiary/aromatic N) is 1. The summed E-state index contributed by atoms with van der Waals surface area (Å²) < 4.78 is 1.33. The molecule has 3 heteroatoms. The molecule has 4 rings (SSSR count). The fourth-order valence-electron chi connectivity index (χ4n) is 4.38. The molecule has 1 N–H and O–H groups in total. The number of aliphatic hydroxyl groups excluding tert-OH is 1. The molecule has 0 amide bonds. The van der Waals surface area contributed by atoms with E-state index in [-0.39, 0.29) is 30.1 Å². The van der Waals surface area contributed by atoms with Crippen molar-refractivity contribution in [2.75, 3.05) is 20.1 Å². The summed E-state index contributed by atoms with van der Waals surface area (Å²) in [7, 11) is 2.45.